The maximum atomic E-state index is 12.4. The number of para-hydroxylation sites is 1. The van der Waals surface area contributed by atoms with Gasteiger partial charge in [0.1, 0.15) is 0 Å². The molecule has 0 saturated carbocycles. The van der Waals surface area contributed by atoms with E-state index in [-0.39, 0.29) is 5.54 Å². The Morgan fingerprint density at radius 2 is 1.96 bits per heavy atom. The van der Waals surface area contributed by atoms with Crippen LogP contribution in [-0.4, -0.2) is 28.3 Å². The van der Waals surface area contributed by atoms with Crippen LogP contribution in [0.4, 0.5) is 5.13 Å². The number of carbonyl (C=O) groups is 2. The van der Waals surface area contributed by atoms with Crippen molar-refractivity contribution in [1.82, 2.24) is 10.3 Å². The molecule has 1 aromatic heterocycles. The smallest absolute Gasteiger partial charge is 0.295 e. The number of hydrogen-bond donors (Lipinski definition) is 2. The van der Waals surface area contributed by atoms with Gasteiger partial charge in [0, 0.05) is 5.54 Å². The monoisotopic (exact) mass is 333 g/mol. The lowest BCUT2D eigenvalue weighted by Gasteiger charge is -2.27. The molecule has 1 heterocycles. The number of rotatable bonds is 6. The minimum absolute atomic E-state index is 0.231. The molecule has 0 aliphatic carbocycles. The van der Waals surface area contributed by atoms with Crippen LogP contribution in [0.5, 0.6) is 0 Å². The van der Waals surface area contributed by atoms with Gasteiger partial charge in [0.05, 0.1) is 16.3 Å². The SMILES string of the molecule is CCCC(NC(C)(C)C)C(=O)C(=O)Nc1nc2ccccc2s1. The van der Waals surface area contributed by atoms with Crippen molar-refractivity contribution in [2.75, 3.05) is 5.32 Å². The van der Waals surface area contributed by atoms with E-state index < -0.39 is 17.7 Å². The average Bonchev–Trinajstić information content (AvgIpc) is 2.86. The van der Waals surface area contributed by atoms with Crippen LogP contribution >= 0.6 is 11.3 Å². The first-order chi connectivity index (χ1) is 10.8. The van der Waals surface area contributed by atoms with Crippen LogP contribution in [0.1, 0.15) is 40.5 Å². The molecule has 23 heavy (non-hydrogen) atoms. The van der Waals surface area contributed by atoms with Crippen LogP contribution < -0.4 is 10.6 Å². The molecular formula is C17H23N3O2S. The molecule has 2 aromatic rings. The summed E-state index contributed by atoms with van der Waals surface area (Å²) in [6, 6.07) is 7.15. The normalized spacial score (nSPS) is 13.0. The van der Waals surface area contributed by atoms with E-state index in [0.717, 1.165) is 16.6 Å². The number of carbonyl (C=O) groups excluding carboxylic acids is 2. The highest BCUT2D eigenvalue weighted by Gasteiger charge is 2.28. The molecule has 2 rings (SSSR count). The first-order valence-electron chi connectivity index (χ1n) is 7.78. The van der Waals surface area contributed by atoms with Gasteiger partial charge in [-0.2, -0.15) is 0 Å². The van der Waals surface area contributed by atoms with E-state index in [1.807, 2.05) is 52.0 Å². The van der Waals surface area contributed by atoms with E-state index in [1.54, 1.807) is 0 Å². The van der Waals surface area contributed by atoms with Gasteiger partial charge in [0.15, 0.2) is 5.13 Å². The number of ketones is 1. The molecule has 0 aliphatic heterocycles. The predicted octanol–water partition coefficient (Wildman–Crippen LogP) is 3.36. The van der Waals surface area contributed by atoms with E-state index in [9.17, 15) is 9.59 Å². The quantitative estimate of drug-likeness (QED) is 0.795. The number of amides is 1. The topological polar surface area (TPSA) is 71.1 Å². The fourth-order valence-corrected chi connectivity index (χ4v) is 3.18. The summed E-state index contributed by atoms with van der Waals surface area (Å²) in [7, 11) is 0. The van der Waals surface area contributed by atoms with Crippen molar-refractivity contribution in [1.29, 1.82) is 0 Å². The average molecular weight is 333 g/mol. The predicted molar refractivity (Wildman–Crippen MR) is 94.8 cm³/mol. The molecule has 1 unspecified atom stereocenters. The second-order valence-electron chi connectivity index (χ2n) is 6.54. The number of thiazole rings is 1. The number of nitrogens with one attached hydrogen (secondary N) is 2. The first kappa shape index (κ1) is 17.6. The Hall–Kier alpha value is -1.79. The maximum absolute atomic E-state index is 12.4. The standard InChI is InChI=1S/C17H23N3O2S/c1-5-8-12(20-17(2,3)4)14(21)15(22)19-16-18-11-9-6-7-10-13(11)23-16/h6-7,9-10,12,20H,5,8H2,1-4H3,(H,18,19,22). The van der Waals surface area contributed by atoms with Gasteiger partial charge in [-0.25, -0.2) is 4.98 Å². The molecular weight excluding hydrogens is 310 g/mol. The largest absolute Gasteiger partial charge is 0.302 e. The fraction of sp³-hybridized carbons (Fsp3) is 0.471. The highest BCUT2D eigenvalue weighted by Crippen LogP contribution is 2.25. The zero-order valence-electron chi connectivity index (χ0n) is 14.0. The lowest BCUT2D eigenvalue weighted by Crippen LogP contribution is -2.50. The van der Waals surface area contributed by atoms with Crippen LogP contribution in [0.3, 0.4) is 0 Å². The molecule has 0 radical (unpaired) electrons. The molecule has 0 spiro atoms. The highest BCUT2D eigenvalue weighted by molar-refractivity contribution is 7.22. The fourth-order valence-electron chi connectivity index (χ4n) is 2.32. The van der Waals surface area contributed by atoms with E-state index in [2.05, 4.69) is 15.6 Å². The molecule has 1 atom stereocenters. The van der Waals surface area contributed by atoms with Crippen molar-refractivity contribution < 1.29 is 9.59 Å². The summed E-state index contributed by atoms with van der Waals surface area (Å²) in [5.41, 5.74) is 0.587. The van der Waals surface area contributed by atoms with Crippen molar-refractivity contribution >= 4 is 38.4 Å². The van der Waals surface area contributed by atoms with E-state index in [4.69, 9.17) is 0 Å². The van der Waals surface area contributed by atoms with Crippen molar-refractivity contribution in [3.63, 3.8) is 0 Å². The van der Waals surface area contributed by atoms with E-state index in [1.165, 1.54) is 11.3 Å². The molecule has 0 fully saturated rings. The molecule has 124 valence electrons. The molecule has 6 heteroatoms. The van der Waals surface area contributed by atoms with Crippen LogP contribution in [0.15, 0.2) is 24.3 Å². The summed E-state index contributed by atoms with van der Waals surface area (Å²) in [5, 5.41) is 6.31. The summed E-state index contributed by atoms with van der Waals surface area (Å²) < 4.78 is 0.980. The van der Waals surface area contributed by atoms with E-state index >= 15 is 0 Å². The van der Waals surface area contributed by atoms with Gasteiger partial charge in [-0.05, 0) is 39.3 Å². The van der Waals surface area contributed by atoms with Crippen molar-refractivity contribution in [2.24, 2.45) is 0 Å². The summed E-state index contributed by atoms with van der Waals surface area (Å²) in [5.74, 6) is -1.06. The number of fused-ring (bicyclic) bond motifs is 1. The zero-order valence-corrected chi connectivity index (χ0v) is 14.8. The van der Waals surface area contributed by atoms with Gasteiger partial charge in [-0.15, -0.1) is 0 Å². The number of anilines is 1. The van der Waals surface area contributed by atoms with Gasteiger partial charge in [0.2, 0.25) is 5.78 Å². The maximum Gasteiger partial charge on any atom is 0.295 e. The molecule has 1 aromatic carbocycles. The summed E-state index contributed by atoms with van der Waals surface area (Å²) in [4.78, 5) is 29.0. The Bertz CT molecular complexity index is 670. The summed E-state index contributed by atoms with van der Waals surface area (Å²) >= 11 is 1.37. The van der Waals surface area contributed by atoms with Gasteiger partial charge in [0.25, 0.3) is 5.91 Å². The third-order valence-electron chi connectivity index (χ3n) is 3.24. The minimum atomic E-state index is -0.612. The lowest BCUT2D eigenvalue weighted by atomic mass is 10.0. The summed E-state index contributed by atoms with van der Waals surface area (Å²) in [6.07, 6.45) is 1.46. The first-order valence-corrected chi connectivity index (χ1v) is 8.60. The molecule has 5 nitrogen and oxygen atoms in total. The van der Waals surface area contributed by atoms with Crippen molar-refractivity contribution in [3.8, 4) is 0 Å². The Labute approximate surface area is 140 Å². The number of Topliss-reactive ketones (excluding diaryl/α,β-unsaturated/α-hetero) is 1. The second kappa shape index (κ2) is 7.19. The van der Waals surface area contributed by atoms with E-state index in [0.29, 0.717) is 11.6 Å². The Morgan fingerprint density at radius 3 is 2.57 bits per heavy atom. The van der Waals surface area contributed by atoms with Gasteiger partial charge >= 0.3 is 0 Å². The Balaban J connectivity index is 2.09. The number of benzene rings is 1. The van der Waals surface area contributed by atoms with Crippen LogP contribution in [-0.2, 0) is 9.59 Å². The lowest BCUT2D eigenvalue weighted by molar-refractivity contribution is -0.136. The van der Waals surface area contributed by atoms with Crippen LogP contribution in [0.25, 0.3) is 10.2 Å². The van der Waals surface area contributed by atoms with Gasteiger partial charge < -0.3 is 5.32 Å². The highest BCUT2D eigenvalue weighted by atomic mass is 32.1. The molecule has 0 bridgehead atoms. The van der Waals surface area contributed by atoms with Crippen LogP contribution in [0.2, 0.25) is 0 Å². The van der Waals surface area contributed by atoms with Gasteiger partial charge in [-0.3, -0.25) is 14.9 Å². The zero-order chi connectivity index (χ0) is 17.0. The number of hydrogen-bond acceptors (Lipinski definition) is 5. The minimum Gasteiger partial charge on any atom is -0.302 e. The molecule has 0 aliphatic rings. The number of aromatic nitrogens is 1. The third kappa shape index (κ3) is 4.84. The number of nitrogens with zero attached hydrogens (tertiary/aromatic N) is 1. The third-order valence-corrected chi connectivity index (χ3v) is 4.19. The molecule has 2 N–H and O–H groups in total. The second-order valence-corrected chi connectivity index (χ2v) is 7.57. The van der Waals surface area contributed by atoms with Crippen molar-refractivity contribution in [2.45, 2.75) is 52.1 Å². The summed E-state index contributed by atoms with van der Waals surface area (Å²) in [6.45, 7) is 7.94. The van der Waals surface area contributed by atoms with Crippen LogP contribution in [0, 0.1) is 0 Å². The Kier molecular flexibility index (Phi) is 5.49. The Morgan fingerprint density at radius 1 is 1.26 bits per heavy atom. The van der Waals surface area contributed by atoms with Gasteiger partial charge in [-0.1, -0.05) is 36.8 Å². The van der Waals surface area contributed by atoms with Crippen molar-refractivity contribution in [3.05, 3.63) is 24.3 Å². The molecule has 1 amide bonds. The molecule has 0 saturated heterocycles.